The Bertz CT molecular complexity index is 193. The summed E-state index contributed by atoms with van der Waals surface area (Å²) in [5.74, 6) is 0. The molecular formula is C15H32N2. The second kappa shape index (κ2) is 8.10. The standard InChI is InChI=1S/C15H32N2/c1-5-9-13(3)16-12-14(4)17-11-8-7-10-15(17)6-2/h13-16H,5-12H2,1-4H3. The van der Waals surface area contributed by atoms with Crippen LogP contribution in [0.2, 0.25) is 0 Å². The molecule has 0 aromatic rings. The first-order valence-corrected chi connectivity index (χ1v) is 7.68. The molecule has 1 rings (SSSR count). The van der Waals surface area contributed by atoms with Crippen LogP contribution in [0.4, 0.5) is 0 Å². The summed E-state index contributed by atoms with van der Waals surface area (Å²) in [6.07, 6.45) is 8.13. The van der Waals surface area contributed by atoms with Gasteiger partial charge in [-0.3, -0.25) is 4.90 Å². The Kier molecular flexibility index (Phi) is 7.14. The van der Waals surface area contributed by atoms with Gasteiger partial charge in [-0.25, -0.2) is 0 Å². The smallest absolute Gasteiger partial charge is 0.0195 e. The molecule has 0 bridgehead atoms. The van der Waals surface area contributed by atoms with E-state index < -0.39 is 0 Å². The Morgan fingerprint density at radius 3 is 2.65 bits per heavy atom. The first-order chi connectivity index (χ1) is 8.19. The molecule has 2 heteroatoms. The van der Waals surface area contributed by atoms with Gasteiger partial charge in [0.15, 0.2) is 0 Å². The summed E-state index contributed by atoms with van der Waals surface area (Å²) >= 11 is 0. The number of rotatable bonds is 7. The predicted molar refractivity (Wildman–Crippen MR) is 76.5 cm³/mol. The van der Waals surface area contributed by atoms with E-state index in [1.54, 1.807) is 0 Å². The van der Waals surface area contributed by atoms with Crippen LogP contribution in [0.25, 0.3) is 0 Å². The van der Waals surface area contributed by atoms with Crippen LogP contribution in [-0.2, 0) is 0 Å². The van der Waals surface area contributed by atoms with Crippen molar-refractivity contribution in [1.82, 2.24) is 10.2 Å². The van der Waals surface area contributed by atoms with Crippen LogP contribution >= 0.6 is 0 Å². The highest BCUT2D eigenvalue weighted by atomic mass is 15.2. The number of likely N-dealkylation sites (tertiary alicyclic amines) is 1. The zero-order chi connectivity index (χ0) is 12.7. The third-order valence-electron chi connectivity index (χ3n) is 4.19. The second-order valence-electron chi connectivity index (χ2n) is 5.74. The molecule has 17 heavy (non-hydrogen) atoms. The van der Waals surface area contributed by atoms with E-state index in [2.05, 4.69) is 37.9 Å². The topological polar surface area (TPSA) is 15.3 Å². The molecule has 0 aromatic carbocycles. The van der Waals surface area contributed by atoms with E-state index in [1.807, 2.05) is 0 Å². The zero-order valence-corrected chi connectivity index (χ0v) is 12.3. The molecular weight excluding hydrogens is 208 g/mol. The lowest BCUT2D eigenvalue weighted by Crippen LogP contribution is -2.49. The van der Waals surface area contributed by atoms with Gasteiger partial charge < -0.3 is 5.32 Å². The van der Waals surface area contributed by atoms with Crippen LogP contribution in [0.3, 0.4) is 0 Å². The van der Waals surface area contributed by atoms with Crippen LogP contribution < -0.4 is 5.32 Å². The average molecular weight is 240 g/mol. The lowest BCUT2D eigenvalue weighted by molar-refractivity contribution is 0.0977. The maximum atomic E-state index is 3.68. The largest absolute Gasteiger partial charge is 0.313 e. The lowest BCUT2D eigenvalue weighted by Gasteiger charge is -2.40. The summed E-state index contributed by atoms with van der Waals surface area (Å²) in [5.41, 5.74) is 0. The normalized spacial score (nSPS) is 25.8. The molecule has 1 N–H and O–H groups in total. The number of nitrogens with one attached hydrogen (secondary N) is 1. The van der Waals surface area contributed by atoms with Crippen molar-refractivity contribution in [3.63, 3.8) is 0 Å². The Morgan fingerprint density at radius 2 is 2.00 bits per heavy atom. The molecule has 1 aliphatic rings. The molecule has 1 saturated heterocycles. The van der Waals surface area contributed by atoms with Crippen molar-refractivity contribution in [3.8, 4) is 0 Å². The molecule has 1 heterocycles. The summed E-state index contributed by atoms with van der Waals surface area (Å²) in [6.45, 7) is 11.8. The van der Waals surface area contributed by atoms with Gasteiger partial charge in [0.25, 0.3) is 0 Å². The van der Waals surface area contributed by atoms with Gasteiger partial charge in [-0.2, -0.15) is 0 Å². The molecule has 1 fully saturated rings. The van der Waals surface area contributed by atoms with Gasteiger partial charge in [-0.1, -0.05) is 26.7 Å². The minimum absolute atomic E-state index is 0.673. The molecule has 0 aliphatic carbocycles. The van der Waals surface area contributed by atoms with Gasteiger partial charge in [0.1, 0.15) is 0 Å². The lowest BCUT2D eigenvalue weighted by atomic mass is 9.98. The fraction of sp³-hybridized carbons (Fsp3) is 1.00. The van der Waals surface area contributed by atoms with Crippen molar-refractivity contribution >= 4 is 0 Å². The Morgan fingerprint density at radius 1 is 1.24 bits per heavy atom. The molecule has 1 aliphatic heterocycles. The van der Waals surface area contributed by atoms with Crippen molar-refractivity contribution < 1.29 is 0 Å². The third kappa shape index (κ3) is 4.97. The van der Waals surface area contributed by atoms with E-state index in [-0.39, 0.29) is 0 Å². The minimum atomic E-state index is 0.673. The maximum Gasteiger partial charge on any atom is 0.0195 e. The van der Waals surface area contributed by atoms with E-state index in [9.17, 15) is 0 Å². The van der Waals surface area contributed by atoms with E-state index in [4.69, 9.17) is 0 Å². The van der Waals surface area contributed by atoms with Gasteiger partial charge in [0.2, 0.25) is 0 Å². The SMILES string of the molecule is CCCC(C)NCC(C)N1CCCCC1CC. The van der Waals surface area contributed by atoms with Gasteiger partial charge in [0.05, 0.1) is 0 Å². The molecule has 3 unspecified atom stereocenters. The van der Waals surface area contributed by atoms with Crippen molar-refractivity contribution in [3.05, 3.63) is 0 Å². The number of hydrogen-bond acceptors (Lipinski definition) is 2. The molecule has 0 radical (unpaired) electrons. The van der Waals surface area contributed by atoms with Crippen LogP contribution in [0.1, 0.15) is 66.2 Å². The summed E-state index contributed by atoms with van der Waals surface area (Å²) in [4.78, 5) is 2.73. The molecule has 3 atom stereocenters. The summed E-state index contributed by atoms with van der Waals surface area (Å²) in [5, 5.41) is 3.68. The van der Waals surface area contributed by atoms with E-state index in [0.717, 1.165) is 12.6 Å². The zero-order valence-electron chi connectivity index (χ0n) is 12.3. The van der Waals surface area contributed by atoms with Crippen LogP contribution in [0.5, 0.6) is 0 Å². The third-order valence-corrected chi connectivity index (χ3v) is 4.19. The highest BCUT2D eigenvalue weighted by Gasteiger charge is 2.24. The fourth-order valence-electron chi connectivity index (χ4n) is 3.07. The number of nitrogens with zero attached hydrogens (tertiary/aromatic N) is 1. The van der Waals surface area contributed by atoms with Crippen molar-refractivity contribution in [2.45, 2.75) is 84.3 Å². The Balaban J connectivity index is 2.31. The highest BCUT2D eigenvalue weighted by molar-refractivity contribution is 4.81. The van der Waals surface area contributed by atoms with Crippen molar-refractivity contribution in [2.75, 3.05) is 13.1 Å². The van der Waals surface area contributed by atoms with Crippen molar-refractivity contribution in [1.29, 1.82) is 0 Å². The second-order valence-corrected chi connectivity index (χ2v) is 5.74. The van der Waals surface area contributed by atoms with E-state index >= 15 is 0 Å². The predicted octanol–water partition coefficient (Wildman–Crippen LogP) is 3.42. The maximum absolute atomic E-state index is 3.68. The van der Waals surface area contributed by atoms with Crippen molar-refractivity contribution in [2.24, 2.45) is 0 Å². The summed E-state index contributed by atoms with van der Waals surface area (Å²) < 4.78 is 0. The molecule has 0 aromatic heterocycles. The van der Waals surface area contributed by atoms with E-state index in [1.165, 1.54) is 45.1 Å². The Labute approximate surface area is 108 Å². The summed E-state index contributed by atoms with van der Waals surface area (Å²) in [6, 6.07) is 2.20. The van der Waals surface area contributed by atoms with Gasteiger partial charge >= 0.3 is 0 Å². The summed E-state index contributed by atoms with van der Waals surface area (Å²) in [7, 11) is 0. The first-order valence-electron chi connectivity index (χ1n) is 7.68. The van der Waals surface area contributed by atoms with Gasteiger partial charge in [0, 0.05) is 24.7 Å². The first kappa shape index (κ1) is 15.0. The molecule has 0 spiro atoms. The minimum Gasteiger partial charge on any atom is -0.313 e. The highest BCUT2D eigenvalue weighted by Crippen LogP contribution is 2.21. The average Bonchev–Trinajstić information content (AvgIpc) is 2.36. The molecule has 0 saturated carbocycles. The monoisotopic (exact) mass is 240 g/mol. The van der Waals surface area contributed by atoms with Gasteiger partial charge in [-0.05, 0) is 46.1 Å². The molecule has 2 nitrogen and oxygen atoms in total. The molecule has 102 valence electrons. The molecule has 0 amide bonds. The fourth-order valence-corrected chi connectivity index (χ4v) is 3.07. The number of piperidine rings is 1. The van der Waals surface area contributed by atoms with Crippen LogP contribution in [0.15, 0.2) is 0 Å². The quantitative estimate of drug-likeness (QED) is 0.733. The number of hydrogen-bond donors (Lipinski definition) is 1. The van der Waals surface area contributed by atoms with Crippen LogP contribution in [0, 0.1) is 0 Å². The van der Waals surface area contributed by atoms with Crippen LogP contribution in [-0.4, -0.2) is 36.1 Å². The Hall–Kier alpha value is -0.0800. The van der Waals surface area contributed by atoms with E-state index in [0.29, 0.717) is 12.1 Å². The van der Waals surface area contributed by atoms with Gasteiger partial charge in [-0.15, -0.1) is 0 Å².